The van der Waals surface area contributed by atoms with Crippen LogP contribution in [0.2, 0.25) is 0 Å². The van der Waals surface area contributed by atoms with Gasteiger partial charge in [-0.15, -0.1) is 0 Å². The zero-order chi connectivity index (χ0) is 16.0. The summed E-state index contributed by atoms with van der Waals surface area (Å²) in [7, 11) is 1.69. The Labute approximate surface area is 128 Å². The van der Waals surface area contributed by atoms with Gasteiger partial charge < -0.3 is 14.6 Å². The molecule has 0 unspecified atom stereocenters. The van der Waals surface area contributed by atoms with Crippen LogP contribution in [0.15, 0.2) is 16.9 Å². The van der Waals surface area contributed by atoms with Crippen molar-refractivity contribution in [2.75, 3.05) is 13.7 Å². The largest absolute Gasteiger partial charge is 0.385 e. The Kier molecular flexibility index (Phi) is 6.62. The molecule has 120 valence electrons. The molecule has 1 aromatic heterocycles. The molecule has 1 heterocycles. The second kappa shape index (κ2) is 7.76. The maximum atomic E-state index is 12.7. The molecule has 0 atom stereocenters. The van der Waals surface area contributed by atoms with Crippen molar-refractivity contribution in [1.29, 1.82) is 0 Å². The molecule has 1 aromatic rings. The van der Waals surface area contributed by atoms with Gasteiger partial charge in [0, 0.05) is 49.5 Å². The van der Waals surface area contributed by atoms with Crippen molar-refractivity contribution in [2.45, 2.75) is 65.6 Å². The predicted octanol–water partition coefficient (Wildman–Crippen LogP) is 2.68. The summed E-state index contributed by atoms with van der Waals surface area (Å²) in [5, 5.41) is 3.32. The van der Waals surface area contributed by atoms with Gasteiger partial charge in [-0.3, -0.25) is 4.79 Å². The van der Waals surface area contributed by atoms with Crippen LogP contribution < -0.4 is 10.9 Å². The summed E-state index contributed by atoms with van der Waals surface area (Å²) in [5.74, 6) is 0. The molecule has 0 bridgehead atoms. The molecular weight excluding hydrogens is 264 g/mol. The van der Waals surface area contributed by atoms with E-state index in [2.05, 4.69) is 46.0 Å². The van der Waals surface area contributed by atoms with E-state index >= 15 is 0 Å². The van der Waals surface area contributed by atoms with Gasteiger partial charge in [-0.25, -0.2) is 0 Å². The van der Waals surface area contributed by atoms with E-state index in [1.165, 1.54) is 0 Å². The van der Waals surface area contributed by atoms with Crippen LogP contribution >= 0.6 is 0 Å². The quantitative estimate of drug-likeness (QED) is 0.786. The highest BCUT2D eigenvalue weighted by molar-refractivity contribution is 5.21. The molecule has 4 nitrogen and oxygen atoms in total. The molecule has 0 amide bonds. The van der Waals surface area contributed by atoms with Gasteiger partial charge in [-0.1, -0.05) is 40.7 Å². The van der Waals surface area contributed by atoms with Gasteiger partial charge in [0.1, 0.15) is 0 Å². The van der Waals surface area contributed by atoms with Gasteiger partial charge in [0.25, 0.3) is 5.56 Å². The molecule has 21 heavy (non-hydrogen) atoms. The van der Waals surface area contributed by atoms with Gasteiger partial charge >= 0.3 is 0 Å². The lowest BCUT2D eigenvalue weighted by Gasteiger charge is -2.25. The van der Waals surface area contributed by atoms with Crippen molar-refractivity contribution in [3.05, 3.63) is 33.7 Å². The molecule has 0 saturated heterocycles. The number of nitrogens with zero attached hydrogens (tertiary/aromatic N) is 1. The van der Waals surface area contributed by atoms with Crippen LogP contribution in [0.1, 0.15) is 52.3 Å². The first-order valence-electron chi connectivity index (χ1n) is 7.73. The smallest absolute Gasteiger partial charge is 0.255 e. The number of hydrogen-bond donors (Lipinski definition) is 1. The Balaban J connectivity index is 3.12. The number of aromatic nitrogens is 1. The van der Waals surface area contributed by atoms with Crippen LogP contribution in [0.5, 0.6) is 0 Å². The number of pyridine rings is 1. The minimum atomic E-state index is -0.0454. The van der Waals surface area contributed by atoms with Crippen molar-refractivity contribution in [2.24, 2.45) is 0 Å². The Hall–Kier alpha value is -1.13. The van der Waals surface area contributed by atoms with E-state index in [0.29, 0.717) is 25.7 Å². The number of methoxy groups -OCH3 is 1. The summed E-state index contributed by atoms with van der Waals surface area (Å²) < 4.78 is 7.02. The van der Waals surface area contributed by atoms with Crippen LogP contribution in [0.4, 0.5) is 0 Å². The molecule has 0 aliphatic heterocycles. The Morgan fingerprint density at radius 1 is 1.29 bits per heavy atom. The molecule has 0 aliphatic carbocycles. The van der Waals surface area contributed by atoms with Crippen molar-refractivity contribution >= 4 is 0 Å². The van der Waals surface area contributed by atoms with Crippen molar-refractivity contribution < 1.29 is 4.74 Å². The topological polar surface area (TPSA) is 43.3 Å². The predicted molar refractivity (Wildman–Crippen MR) is 87.9 cm³/mol. The van der Waals surface area contributed by atoms with Crippen LogP contribution in [0, 0.1) is 0 Å². The van der Waals surface area contributed by atoms with Crippen LogP contribution in [0.25, 0.3) is 0 Å². The molecule has 0 radical (unpaired) electrons. The van der Waals surface area contributed by atoms with Crippen LogP contribution in [0.3, 0.4) is 0 Å². The van der Waals surface area contributed by atoms with E-state index in [4.69, 9.17) is 4.74 Å². The monoisotopic (exact) mass is 294 g/mol. The lowest BCUT2D eigenvalue weighted by molar-refractivity contribution is 0.189. The highest BCUT2D eigenvalue weighted by Gasteiger charge is 2.20. The van der Waals surface area contributed by atoms with Crippen molar-refractivity contribution in [1.82, 2.24) is 9.88 Å². The van der Waals surface area contributed by atoms with Gasteiger partial charge in [0.2, 0.25) is 0 Å². The molecule has 1 rings (SSSR count). The van der Waals surface area contributed by atoms with Gasteiger partial charge in [0.15, 0.2) is 0 Å². The summed E-state index contributed by atoms with van der Waals surface area (Å²) in [6, 6.07) is 4.42. The van der Waals surface area contributed by atoms with E-state index in [0.717, 1.165) is 17.7 Å². The SMILES string of the molecule is COCCCn1c(C(C)(C)C)ccc(CNC(C)C)c1=O. The average molecular weight is 294 g/mol. The average Bonchev–Trinajstić information content (AvgIpc) is 2.37. The molecule has 0 aromatic carbocycles. The summed E-state index contributed by atoms with van der Waals surface area (Å²) >= 11 is 0. The fraction of sp³-hybridized carbons (Fsp3) is 0.706. The number of ether oxygens (including phenoxy) is 1. The van der Waals surface area contributed by atoms with E-state index in [9.17, 15) is 4.79 Å². The first kappa shape index (κ1) is 17.9. The lowest BCUT2D eigenvalue weighted by atomic mass is 9.90. The van der Waals surface area contributed by atoms with Gasteiger partial charge in [-0.05, 0) is 12.5 Å². The third-order valence-corrected chi connectivity index (χ3v) is 3.45. The third kappa shape index (κ3) is 5.29. The van der Waals surface area contributed by atoms with E-state index in [1.807, 2.05) is 10.6 Å². The van der Waals surface area contributed by atoms with Crippen LogP contribution in [-0.2, 0) is 23.2 Å². The maximum Gasteiger partial charge on any atom is 0.255 e. The minimum Gasteiger partial charge on any atom is -0.385 e. The molecular formula is C17H30N2O2. The van der Waals surface area contributed by atoms with Gasteiger partial charge in [0.05, 0.1) is 0 Å². The van der Waals surface area contributed by atoms with E-state index in [-0.39, 0.29) is 11.0 Å². The summed E-state index contributed by atoms with van der Waals surface area (Å²) in [5.41, 5.74) is 1.98. The van der Waals surface area contributed by atoms with Crippen molar-refractivity contribution in [3.63, 3.8) is 0 Å². The fourth-order valence-electron chi connectivity index (χ4n) is 2.32. The third-order valence-electron chi connectivity index (χ3n) is 3.45. The summed E-state index contributed by atoms with van der Waals surface area (Å²) in [4.78, 5) is 12.7. The number of hydrogen-bond acceptors (Lipinski definition) is 3. The molecule has 0 saturated carbocycles. The molecule has 1 N–H and O–H groups in total. The Morgan fingerprint density at radius 3 is 2.48 bits per heavy atom. The summed E-state index contributed by atoms with van der Waals surface area (Å²) in [6.45, 7) is 12.6. The zero-order valence-electron chi connectivity index (χ0n) is 14.3. The fourth-order valence-corrected chi connectivity index (χ4v) is 2.32. The molecule has 4 heteroatoms. The maximum absolute atomic E-state index is 12.7. The second-order valence-electron chi connectivity index (χ2n) is 6.83. The number of nitrogens with one attached hydrogen (secondary N) is 1. The molecule has 0 aliphatic rings. The first-order chi connectivity index (χ1) is 9.77. The standard InChI is InChI=1S/C17H30N2O2/c1-13(2)18-12-14-8-9-15(17(3,4)5)19(16(14)20)10-7-11-21-6/h8-9,13,18H,7,10-12H2,1-6H3. The molecule has 0 spiro atoms. The highest BCUT2D eigenvalue weighted by atomic mass is 16.5. The lowest BCUT2D eigenvalue weighted by Crippen LogP contribution is -2.34. The molecule has 0 fully saturated rings. The Bertz CT molecular complexity index is 498. The summed E-state index contributed by atoms with van der Waals surface area (Å²) in [6.07, 6.45) is 0.848. The van der Waals surface area contributed by atoms with Crippen molar-refractivity contribution in [3.8, 4) is 0 Å². The number of rotatable bonds is 7. The van der Waals surface area contributed by atoms with Gasteiger partial charge in [-0.2, -0.15) is 0 Å². The first-order valence-corrected chi connectivity index (χ1v) is 7.73. The highest BCUT2D eigenvalue weighted by Crippen LogP contribution is 2.21. The minimum absolute atomic E-state index is 0.0454. The van der Waals surface area contributed by atoms with Crippen LogP contribution in [-0.4, -0.2) is 24.3 Å². The second-order valence-corrected chi connectivity index (χ2v) is 6.83. The normalized spacial score (nSPS) is 12.1. The zero-order valence-corrected chi connectivity index (χ0v) is 14.3. The Morgan fingerprint density at radius 2 is 1.95 bits per heavy atom. The van der Waals surface area contributed by atoms with E-state index < -0.39 is 0 Å². The van der Waals surface area contributed by atoms with E-state index in [1.54, 1.807) is 7.11 Å².